The Morgan fingerprint density at radius 1 is 1.25 bits per heavy atom. The van der Waals surface area contributed by atoms with Crippen molar-refractivity contribution in [1.29, 1.82) is 0 Å². The van der Waals surface area contributed by atoms with E-state index in [9.17, 15) is 0 Å². The number of methoxy groups -OCH3 is 1. The quantitative estimate of drug-likeness (QED) is 0.789. The second-order valence-corrected chi connectivity index (χ2v) is 4.93. The normalized spacial score (nSPS) is 10.9. The molecule has 0 unspecified atom stereocenters. The molecule has 0 aliphatic rings. The Kier molecular flexibility index (Phi) is 5.32. The first-order chi connectivity index (χ1) is 9.70. The third-order valence-corrected chi connectivity index (χ3v) is 3.20. The molecular weight excluding hydrogens is 252 g/mol. The molecule has 0 fully saturated rings. The minimum atomic E-state index is 0.722. The summed E-state index contributed by atoms with van der Waals surface area (Å²) in [6.45, 7) is 6.60. The maximum Gasteiger partial charge on any atom is 0.196 e. The highest BCUT2D eigenvalue weighted by molar-refractivity contribution is 5.61. The van der Waals surface area contributed by atoms with Crippen molar-refractivity contribution in [3.8, 4) is 11.3 Å². The van der Waals surface area contributed by atoms with E-state index in [1.165, 1.54) is 11.1 Å². The summed E-state index contributed by atoms with van der Waals surface area (Å²) in [7, 11) is 1.70. The van der Waals surface area contributed by atoms with Gasteiger partial charge in [-0.15, -0.1) is 0 Å². The van der Waals surface area contributed by atoms with Gasteiger partial charge in [0.1, 0.15) is 0 Å². The van der Waals surface area contributed by atoms with Crippen LogP contribution < -0.4 is 5.32 Å². The van der Waals surface area contributed by atoms with Crippen molar-refractivity contribution in [3.05, 3.63) is 41.4 Å². The molecule has 4 heteroatoms. The van der Waals surface area contributed by atoms with Crippen molar-refractivity contribution in [3.63, 3.8) is 0 Å². The summed E-state index contributed by atoms with van der Waals surface area (Å²) < 4.78 is 10.8. The molecule has 2 rings (SSSR count). The molecule has 20 heavy (non-hydrogen) atoms. The van der Waals surface area contributed by atoms with Gasteiger partial charge in [-0.2, -0.15) is 0 Å². The van der Waals surface area contributed by atoms with Gasteiger partial charge in [-0.1, -0.05) is 23.8 Å². The fourth-order valence-corrected chi connectivity index (χ4v) is 2.13. The molecule has 0 aliphatic heterocycles. The molecule has 1 aromatic carbocycles. The molecule has 0 spiro atoms. The molecule has 2 aromatic rings. The van der Waals surface area contributed by atoms with Gasteiger partial charge >= 0.3 is 0 Å². The fourth-order valence-electron chi connectivity index (χ4n) is 2.13. The summed E-state index contributed by atoms with van der Waals surface area (Å²) in [6.07, 6.45) is 2.59. The van der Waals surface area contributed by atoms with Gasteiger partial charge in [0.2, 0.25) is 0 Å². The Morgan fingerprint density at radius 2 is 2.10 bits per heavy atom. The molecule has 1 N–H and O–H groups in total. The first kappa shape index (κ1) is 14.8. The van der Waals surface area contributed by atoms with Gasteiger partial charge in [-0.3, -0.25) is 0 Å². The number of oxazole rings is 1. The Labute approximate surface area is 120 Å². The molecule has 0 bridgehead atoms. The first-order valence-electron chi connectivity index (χ1n) is 6.92. The molecule has 108 valence electrons. The third-order valence-electron chi connectivity index (χ3n) is 3.20. The second-order valence-electron chi connectivity index (χ2n) is 4.93. The van der Waals surface area contributed by atoms with Gasteiger partial charge in [0.15, 0.2) is 11.7 Å². The van der Waals surface area contributed by atoms with Crippen LogP contribution in [0.2, 0.25) is 0 Å². The van der Waals surface area contributed by atoms with Crippen LogP contribution in [0.15, 0.2) is 28.8 Å². The average molecular weight is 274 g/mol. The lowest BCUT2D eigenvalue weighted by atomic mass is 10.0. The highest BCUT2D eigenvalue weighted by Gasteiger charge is 2.08. The highest BCUT2D eigenvalue weighted by atomic mass is 16.5. The lowest BCUT2D eigenvalue weighted by Gasteiger charge is -2.03. The maximum atomic E-state index is 5.81. The van der Waals surface area contributed by atoms with Crippen molar-refractivity contribution in [2.75, 3.05) is 26.8 Å². The van der Waals surface area contributed by atoms with Crippen molar-refractivity contribution < 1.29 is 9.15 Å². The van der Waals surface area contributed by atoms with E-state index in [0.717, 1.165) is 43.3 Å². The van der Waals surface area contributed by atoms with E-state index in [1.807, 2.05) is 6.20 Å². The number of benzene rings is 1. The molecular formula is C16H22N2O2. The Morgan fingerprint density at radius 3 is 2.85 bits per heavy atom. The van der Waals surface area contributed by atoms with Crippen molar-refractivity contribution in [2.45, 2.75) is 20.3 Å². The number of nitrogens with one attached hydrogen (secondary N) is 1. The molecule has 1 aromatic heterocycles. The number of ether oxygens (including phenoxy) is 1. The van der Waals surface area contributed by atoms with Gasteiger partial charge in [0.25, 0.3) is 0 Å². The Bertz CT molecular complexity index is 549. The van der Waals surface area contributed by atoms with Crippen molar-refractivity contribution >= 4 is 0 Å². The summed E-state index contributed by atoms with van der Waals surface area (Å²) in [5, 5.41) is 3.28. The van der Waals surface area contributed by atoms with Crippen LogP contribution in [0.1, 0.15) is 17.0 Å². The molecule has 0 radical (unpaired) electrons. The zero-order valence-corrected chi connectivity index (χ0v) is 12.4. The van der Waals surface area contributed by atoms with Crippen LogP contribution in [0.5, 0.6) is 0 Å². The van der Waals surface area contributed by atoms with Crippen LogP contribution in [-0.4, -0.2) is 31.8 Å². The van der Waals surface area contributed by atoms with E-state index < -0.39 is 0 Å². The highest BCUT2D eigenvalue weighted by Crippen LogP contribution is 2.24. The van der Waals surface area contributed by atoms with Gasteiger partial charge < -0.3 is 14.5 Å². The summed E-state index contributed by atoms with van der Waals surface area (Å²) in [5.74, 6) is 1.61. The van der Waals surface area contributed by atoms with E-state index >= 15 is 0 Å². The number of aryl methyl sites for hydroxylation is 2. The smallest absolute Gasteiger partial charge is 0.196 e. The zero-order chi connectivity index (χ0) is 14.4. The largest absolute Gasteiger partial charge is 0.441 e. The molecule has 0 saturated heterocycles. The number of aromatic nitrogens is 1. The van der Waals surface area contributed by atoms with E-state index in [0.29, 0.717) is 0 Å². The SMILES string of the molecule is COCCNCCc1ncc(-c2ccc(C)cc2C)o1. The third kappa shape index (κ3) is 3.92. The van der Waals surface area contributed by atoms with Crippen LogP contribution >= 0.6 is 0 Å². The summed E-state index contributed by atoms with van der Waals surface area (Å²) in [4.78, 5) is 4.34. The minimum absolute atomic E-state index is 0.722. The van der Waals surface area contributed by atoms with E-state index in [2.05, 4.69) is 42.3 Å². The lowest BCUT2D eigenvalue weighted by molar-refractivity contribution is 0.199. The molecule has 0 saturated carbocycles. The average Bonchev–Trinajstić information content (AvgIpc) is 2.87. The molecule has 0 atom stereocenters. The van der Waals surface area contributed by atoms with Crippen molar-refractivity contribution in [1.82, 2.24) is 10.3 Å². The summed E-state index contributed by atoms with van der Waals surface area (Å²) in [6, 6.07) is 6.34. The van der Waals surface area contributed by atoms with Crippen molar-refractivity contribution in [2.24, 2.45) is 0 Å². The molecule has 1 heterocycles. The second kappa shape index (κ2) is 7.22. The number of hydrogen-bond acceptors (Lipinski definition) is 4. The number of hydrogen-bond donors (Lipinski definition) is 1. The van der Waals surface area contributed by atoms with Gasteiger partial charge in [-0.05, 0) is 19.4 Å². The predicted molar refractivity (Wildman–Crippen MR) is 79.9 cm³/mol. The zero-order valence-electron chi connectivity index (χ0n) is 12.4. The summed E-state index contributed by atoms with van der Waals surface area (Å²) >= 11 is 0. The van der Waals surface area contributed by atoms with Gasteiger partial charge in [0.05, 0.1) is 12.8 Å². The summed E-state index contributed by atoms with van der Waals surface area (Å²) in [5.41, 5.74) is 3.58. The molecule has 0 aliphatic carbocycles. The topological polar surface area (TPSA) is 47.3 Å². The lowest BCUT2D eigenvalue weighted by Crippen LogP contribution is -2.21. The molecule has 4 nitrogen and oxygen atoms in total. The van der Waals surface area contributed by atoms with Gasteiger partial charge in [0, 0.05) is 32.2 Å². The minimum Gasteiger partial charge on any atom is -0.441 e. The van der Waals surface area contributed by atoms with Crippen LogP contribution in [0.4, 0.5) is 0 Å². The Balaban J connectivity index is 1.95. The van der Waals surface area contributed by atoms with E-state index in [4.69, 9.17) is 9.15 Å². The van der Waals surface area contributed by atoms with Crippen LogP contribution in [0.3, 0.4) is 0 Å². The first-order valence-corrected chi connectivity index (χ1v) is 6.92. The Hall–Kier alpha value is -1.65. The standard InChI is InChI=1S/C16H22N2O2/c1-12-4-5-14(13(2)10-12)15-11-18-16(20-15)6-7-17-8-9-19-3/h4-5,10-11,17H,6-9H2,1-3H3. The predicted octanol–water partition coefficient (Wildman–Crippen LogP) is 2.74. The van der Waals surface area contributed by atoms with Crippen LogP contribution in [0, 0.1) is 13.8 Å². The maximum absolute atomic E-state index is 5.81. The van der Waals surface area contributed by atoms with Crippen LogP contribution in [-0.2, 0) is 11.2 Å². The van der Waals surface area contributed by atoms with Gasteiger partial charge in [-0.25, -0.2) is 4.98 Å². The number of rotatable bonds is 7. The van der Waals surface area contributed by atoms with E-state index in [1.54, 1.807) is 7.11 Å². The fraction of sp³-hybridized carbons (Fsp3) is 0.438. The monoisotopic (exact) mass is 274 g/mol. The molecule has 0 amide bonds. The van der Waals surface area contributed by atoms with Crippen LogP contribution in [0.25, 0.3) is 11.3 Å². The van der Waals surface area contributed by atoms with E-state index in [-0.39, 0.29) is 0 Å². The number of nitrogens with zero attached hydrogens (tertiary/aromatic N) is 1.